The molecule has 0 aliphatic heterocycles. The third kappa shape index (κ3) is 3.15. The van der Waals surface area contributed by atoms with Crippen LogP contribution >= 0.6 is 43.2 Å². The van der Waals surface area contributed by atoms with Crippen molar-refractivity contribution in [3.8, 4) is 11.5 Å². The highest BCUT2D eigenvalue weighted by molar-refractivity contribution is 9.10. The van der Waals surface area contributed by atoms with E-state index in [1.54, 1.807) is 25.6 Å². The molecular weight excluding hydrogens is 392 g/mol. The Morgan fingerprint density at radius 3 is 2.42 bits per heavy atom. The number of halogens is 2. The monoisotopic (exact) mass is 404 g/mol. The average molecular weight is 406 g/mol. The van der Waals surface area contributed by atoms with Gasteiger partial charge in [0.1, 0.15) is 11.5 Å². The third-order valence-corrected chi connectivity index (χ3v) is 6.33. The van der Waals surface area contributed by atoms with E-state index >= 15 is 0 Å². The van der Waals surface area contributed by atoms with Gasteiger partial charge >= 0.3 is 0 Å². The molecule has 102 valence electrons. The van der Waals surface area contributed by atoms with Crippen LogP contribution in [0.1, 0.15) is 20.1 Å². The molecule has 1 aromatic heterocycles. The zero-order valence-electron chi connectivity index (χ0n) is 10.9. The lowest BCUT2D eigenvalue weighted by Gasteiger charge is -2.14. The highest BCUT2D eigenvalue weighted by atomic mass is 79.9. The fraction of sp³-hybridized carbons (Fsp3) is 0.286. The molecule has 0 aliphatic rings. The van der Waals surface area contributed by atoms with Gasteiger partial charge in [0.2, 0.25) is 0 Å². The van der Waals surface area contributed by atoms with E-state index in [1.165, 1.54) is 9.75 Å². The van der Waals surface area contributed by atoms with Crippen LogP contribution in [-0.2, 0) is 0 Å². The van der Waals surface area contributed by atoms with Gasteiger partial charge in [0.05, 0.1) is 19.0 Å². The van der Waals surface area contributed by atoms with Crippen molar-refractivity contribution in [3.63, 3.8) is 0 Å². The van der Waals surface area contributed by atoms with Crippen LogP contribution in [-0.4, -0.2) is 14.2 Å². The number of thiophene rings is 1. The molecule has 0 radical (unpaired) electrons. The molecule has 1 atom stereocenters. The number of hydrogen-bond acceptors (Lipinski definition) is 3. The zero-order chi connectivity index (χ0) is 14.0. The summed E-state index contributed by atoms with van der Waals surface area (Å²) in [6, 6.07) is 7.97. The first-order valence-corrected chi connectivity index (χ1v) is 8.21. The Kier molecular flexibility index (Phi) is 4.92. The van der Waals surface area contributed by atoms with E-state index in [-0.39, 0.29) is 4.83 Å². The van der Waals surface area contributed by atoms with E-state index in [4.69, 9.17) is 9.47 Å². The molecule has 0 saturated heterocycles. The minimum atomic E-state index is 0.0903. The molecule has 1 aromatic carbocycles. The van der Waals surface area contributed by atoms with Gasteiger partial charge in [0.25, 0.3) is 0 Å². The lowest BCUT2D eigenvalue weighted by atomic mass is 10.1. The molecule has 0 fully saturated rings. The summed E-state index contributed by atoms with van der Waals surface area (Å²) < 4.78 is 11.9. The van der Waals surface area contributed by atoms with Crippen molar-refractivity contribution in [3.05, 3.63) is 44.1 Å². The molecule has 0 bridgehead atoms. The number of hydrogen-bond donors (Lipinski definition) is 0. The summed E-state index contributed by atoms with van der Waals surface area (Å²) in [5, 5.41) is 0. The van der Waals surface area contributed by atoms with E-state index in [0.717, 1.165) is 21.5 Å². The van der Waals surface area contributed by atoms with Crippen LogP contribution in [0.4, 0.5) is 0 Å². The molecule has 0 aliphatic carbocycles. The number of aryl methyl sites for hydroxylation is 1. The van der Waals surface area contributed by atoms with Crippen molar-refractivity contribution >= 4 is 43.2 Å². The van der Waals surface area contributed by atoms with Gasteiger partial charge in [-0.1, -0.05) is 15.9 Å². The summed E-state index contributed by atoms with van der Waals surface area (Å²) in [4.78, 5) is 2.59. The standard InChI is InChI=1S/C14H14Br2O2S/c1-8-11(15)7-13(19-8)14(16)10-6-9(17-2)4-5-12(10)18-3/h4-7,14H,1-3H3. The largest absolute Gasteiger partial charge is 0.497 e. The summed E-state index contributed by atoms with van der Waals surface area (Å²) >= 11 is 9.06. The van der Waals surface area contributed by atoms with Gasteiger partial charge in [-0.05, 0) is 47.1 Å². The molecule has 0 spiro atoms. The van der Waals surface area contributed by atoms with E-state index < -0.39 is 0 Å². The Bertz CT molecular complexity index is 561. The predicted octanol–water partition coefficient (Wildman–Crippen LogP) is 5.32. The van der Waals surface area contributed by atoms with Gasteiger partial charge in [-0.2, -0.15) is 0 Å². The Balaban J connectivity index is 2.44. The Labute approximate surface area is 134 Å². The number of methoxy groups -OCH3 is 2. The van der Waals surface area contributed by atoms with Crippen molar-refractivity contribution in [2.24, 2.45) is 0 Å². The fourth-order valence-corrected chi connectivity index (χ4v) is 4.13. The van der Waals surface area contributed by atoms with Gasteiger partial charge in [-0.3, -0.25) is 0 Å². The van der Waals surface area contributed by atoms with Gasteiger partial charge in [0, 0.05) is 19.8 Å². The SMILES string of the molecule is COc1ccc(OC)c(C(Br)c2cc(Br)c(C)s2)c1. The second-order valence-electron chi connectivity index (χ2n) is 4.02. The summed E-state index contributed by atoms with van der Waals surface area (Å²) in [5.74, 6) is 1.68. The van der Waals surface area contributed by atoms with Crippen LogP contribution in [0.5, 0.6) is 11.5 Å². The molecule has 1 unspecified atom stereocenters. The second kappa shape index (κ2) is 6.29. The molecule has 0 saturated carbocycles. The van der Waals surface area contributed by atoms with Crippen LogP contribution in [0.25, 0.3) is 0 Å². The molecule has 2 rings (SSSR count). The normalized spacial score (nSPS) is 12.3. The molecule has 5 heteroatoms. The number of alkyl halides is 1. The van der Waals surface area contributed by atoms with E-state index in [9.17, 15) is 0 Å². The molecule has 0 amide bonds. The molecule has 0 N–H and O–H groups in total. The quantitative estimate of drug-likeness (QED) is 0.640. The molecule has 2 nitrogen and oxygen atoms in total. The van der Waals surface area contributed by atoms with Crippen molar-refractivity contribution < 1.29 is 9.47 Å². The zero-order valence-corrected chi connectivity index (χ0v) is 14.9. The highest BCUT2D eigenvalue weighted by Gasteiger charge is 2.19. The molecule has 1 heterocycles. The van der Waals surface area contributed by atoms with Crippen molar-refractivity contribution in [1.29, 1.82) is 0 Å². The van der Waals surface area contributed by atoms with E-state index in [1.807, 2.05) is 18.2 Å². The van der Waals surface area contributed by atoms with Crippen LogP contribution < -0.4 is 9.47 Å². The predicted molar refractivity (Wildman–Crippen MR) is 87.1 cm³/mol. The molecular formula is C14H14Br2O2S. The maximum absolute atomic E-state index is 5.43. The summed E-state index contributed by atoms with van der Waals surface area (Å²) in [6.45, 7) is 2.10. The highest BCUT2D eigenvalue weighted by Crippen LogP contribution is 2.42. The van der Waals surface area contributed by atoms with E-state index in [0.29, 0.717) is 0 Å². The smallest absolute Gasteiger partial charge is 0.123 e. The van der Waals surface area contributed by atoms with Crippen molar-refractivity contribution in [1.82, 2.24) is 0 Å². The molecule has 2 aromatic rings. The third-order valence-electron chi connectivity index (χ3n) is 2.84. The number of rotatable bonds is 4. The summed E-state index contributed by atoms with van der Waals surface area (Å²) in [7, 11) is 3.35. The van der Waals surface area contributed by atoms with Crippen molar-refractivity contribution in [2.45, 2.75) is 11.8 Å². The maximum atomic E-state index is 5.43. The second-order valence-corrected chi connectivity index (χ2v) is 7.08. The van der Waals surface area contributed by atoms with Crippen LogP contribution in [0.15, 0.2) is 28.7 Å². The Morgan fingerprint density at radius 1 is 1.16 bits per heavy atom. The number of benzene rings is 1. The first-order chi connectivity index (χ1) is 9.06. The number of ether oxygens (including phenoxy) is 2. The summed E-state index contributed by atoms with van der Waals surface area (Å²) in [6.07, 6.45) is 0. The van der Waals surface area contributed by atoms with Gasteiger partial charge in [-0.15, -0.1) is 11.3 Å². The van der Waals surface area contributed by atoms with Crippen LogP contribution in [0.3, 0.4) is 0 Å². The first kappa shape index (κ1) is 14.9. The summed E-state index contributed by atoms with van der Waals surface area (Å²) in [5.41, 5.74) is 1.07. The van der Waals surface area contributed by atoms with E-state index in [2.05, 4.69) is 44.8 Å². The van der Waals surface area contributed by atoms with Crippen LogP contribution in [0, 0.1) is 6.92 Å². The Morgan fingerprint density at radius 2 is 1.89 bits per heavy atom. The topological polar surface area (TPSA) is 18.5 Å². The lowest BCUT2D eigenvalue weighted by molar-refractivity contribution is 0.399. The van der Waals surface area contributed by atoms with Crippen LogP contribution in [0.2, 0.25) is 0 Å². The maximum Gasteiger partial charge on any atom is 0.123 e. The fourth-order valence-electron chi connectivity index (χ4n) is 1.80. The molecule has 19 heavy (non-hydrogen) atoms. The van der Waals surface area contributed by atoms with Gasteiger partial charge in [0.15, 0.2) is 0 Å². The minimum Gasteiger partial charge on any atom is -0.497 e. The van der Waals surface area contributed by atoms with Gasteiger partial charge in [-0.25, -0.2) is 0 Å². The van der Waals surface area contributed by atoms with Crippen molar-refractivity contribution in [2.75, 3.05) is 14.2 Å². The van der Waals surface area contributed by atoms with Gasteiger partial charge < -0.3 is 9.47 Å². The minimum absolute atomic E-state index is 0.0903. The Hall–Kier alpha value is -0.520. The average Bonchev–Trinajstić information content (AvgIpc) is 2.77. The first-order valence-electron chi connectivity index (χ1n) is 5.68. The lowest BCUT2D eigenvalue weighted by Crippen LogP contribution is -1.96.